The van der Waals surface area contributed by atoms with Gasteiger partial charge in [-0.15, -0.1) is 0 Å². The van der Waals surface area contributed by atoms with Crippen LogP contribution in [0.1, 0.15) is 18.4 Å². The summed E-state index contributed by atoms with van der Waals surface area (Å²) in [5.74, 6) is 0.794. The second-order valence-electron chi connectivity index (χ2n) is 4.21. The topological polar surface area (TPSA) is 38.0 Å². The molecule has 2 nitrogen and oxygen atoms in total. The molecule has 0 unspecified atom stereocenters. The number of nitrogens with two attached hydrogens (primary N) is 1. The van der Waals surface area contributed by atoms with E-state index in [0.717, 1.165) is 35.6 Å². The quantitative estimate of drug-likeness (QED) is 0.810. The average molecular weight is 269 g/mol. The minimum atomic E-state index is 0.794. The number of para-hydroxylation sites is 1. The zero-order chi connectivity index (χ0) is 10.7. The van der Waals surface area contributed by atoms with Gasteiger partial charge in [0.25, 0.3) is 0 Å². The largest absolute Gasteiger partial charge is 0.398 e. The van der Waals surface area contributed by atoms with E-state index < -0.39 is 0 Å². The van der Waals surface area contributed by atoms with Crippen LogP contribution >= 0.6 is 15.9 Å². The first-order valence-corrected chi connectivity index (χ1v) is 6.30. The second-order valence-corrected chi connectivity index (χ2v) is 5.06. The van der Waals surface area contributed by atoms with Gasteiger partial charge in [-0.25, -0.2) is 0 Å². The molecular weight excluding hydrogens is 252 g/mol. The number of piperidine rings is 1. The smallest absolute Gasteiger partial charge is 0.0491 e. The van der Waals surface area contributed by atoms with Crippen molar-refractivity contribution in [3.05, 3.63) is 28.2 Å². The van der Waals surface area contributed by atoms with E-state index in [-0.39, 0.29) is 0 Å². The molecule has 1 saturated heterocycles. The van der Waals surface area contributed by atoms with Gasteiger partial charge in [-0.2, -0.15) is 0 Å². The normalized spacial score (nSPS) is 17.9. The van der Waals surface area contributed by atoms with Gasteiger partial charge in [-0.05, 0) is 65.8 Å². The Morgan fingerprint density at radius 2 is 2.07 bits per heavy atom. The summed E-state index contributed by atoms with van der Waals surface area (Å²) in [4.78, 5) is 0. The highest BCUT2D eigenvalue weighted by molar-refractivity contribution is 9.10. The molecule has 0 atom stereocenters. The van der Waals surface area contributed by atoms with E-state index >= 15 is 0 Å². The van der Waals surface area contributed by atoms with Crippen LogP contribution in [0.4, 0.5) is 5.69 Å². The van der Waals surface area contributed by atoms with Crippen LogP contribution in [0.2, 0.25) is 0 Å². The molecule has 0 amide bonds. The van der Waals surface area contributed by atoms with E-state index in [1.54, 1.807) is 0 Å². The number of halogens is 1. The van der Waals surface area contributed by atoms with Crippen LogP contribution in [0.15, 0.2) is 22.7 Å². The molecule has 2 rings (SSSR count). The molecule has 15 heavy (non-hydrogen) atoms. The number of benzene rings is 1. The Bertz CT molecular complexity index is 332. The molecule has 1 aliphatic rings. The van der Waals surface area contributed by atoms with Crippen LogP contribution in [0.5, 0.6) is 0 Å². The highest BCUT2D eigenvalue weighted by Gasteiger charge is 2.15. The van der Waals surface area contributed by atoms with E-state index in [9.17, 15) is 0 Å². The molecule has 1 aliphatic heterocycles. The SMILES string of the molecule is Nc1c(Br)cccc1CC1CCNCC1. The number of hydrogen-bond acceptors (Lipinski definition) is 2. The third-order valence-corrected chi connectivity index (χ3v) is 3.80. The minimum Gasteiger partial charge on any atom is -0.398 e. The van der Waals surface area contributed by atoms with Gasteiger partial charge in [0.15, 0.2) is 0 Å². The van der Waals surface area contributed by atoms with Crippen molar-refractivity contribution in [2.75, 3.05) is 18.8 Å². The van der Waals surface area contributed by atoms with Crippen molar-refractivity contribution in [1.29, 1.82) is 0 Å². The van der Waals surface area contributed by atoms with E-state index in [4.69, 9.17) is 5.73 Å². The van der Waals surface area contributed by atoms with Gasteiger partial charge in [-0.3, -0.25) is 0 Å². The fourth-order valence-electron chi connectivity index (χ4n) is 2.16. The Hall–Kier alpha value is -0.540. The molecule has 82 valence electrons. The number of nitrogen functional groups attached to an aromatic ring is 1. The van der Waals surface area contributed by atoms with Crippen LogP contribution in [0, 0.1) is 5.92 Å². The van der Waals surface area contributed by atoms with Crippen LogP contribution < -0.4 is 11.1 Å². The molecule has 0 spiro atoms. The van der Waals surface area contributed by atoms with Crippen molar-refractivity contribution >= 4 is 21.6 Å². The summed E-state index contributed by atoms with van der Waals surface area (Å²) in [6.45, 7) is 2.30. The van der Waals surface area contributed by atoms with Crippen molar-refractivity contribution in [2.45, 2.75) is 19.3 Å². The van der Waals surface area contributed by atoms with Gasteiger partial charge in [0.1, 0.15) is 0 Å². The molecule has 3 N–H and O–H groups in total. The zero-order valence-electron chi connectivity index (χ0n) is 8.80. The number of rotatable bonds is 2. The predicted molar refractivity (Wildman–Crippen MR) is 67.9 cm³/mol. The molecule has 1 fully saturated rings. The number of anilines is 1. The lowest BCUT2D eigenvalue weighted by Crippen LogP contribution is -2.28. The molecule has 3 heteroatoms. The van der Waals surface area contributed by atoms with E-state index in [0.29, 0.717) is 0 Å². The predicted octanol–water partition coefficient (Wildman–Crippen LogP) is 2.57. The van der Waals surface area contributed by atoms with Gasteiger partial charge in [-0.1, -0.05) is 12.1 Å². The zero-order valence-corrected chi connectivity index (χ0v) is 10.4. The average Bonchev–Trinajstić information content (AvgIpc) is 2.26. The van der Waals surface area contributed by atoms with Crippen molar-refractivity contribution < 1.29 is 0 Å². The molecule has 1 aromatic rings. The third kappa shape index (κ3) is 2.73. The standard InChI is InChI=1S/C12H17BrN2/c13-11-3-1-2-10(12(11)14)8-9-4-6-15-7-5-9/h1-3,9,15H,4-8,14H2. The van der Waals surface area contributed by atoms with Crippen LogP contribution in [0.25, 0.3) is 0 Å². The lowest BCUT2D eigenvalue weighted by molar-refractivity contribution is 0.373. The van der Waals surface area contributed by atoms with Crippen molar-refractivity contribution in [2.24, 2.45) is 5.92 Å². The Morgan fingerprint density at radius 1 is 1.33 bits per heavy atom. The molecule has 0 saturated carbocycles. The maximum atomic E-state index is 6.04. The Morgan fingerprint density at radius 3 is 2.80 bits per heavy atom. The minimum absolute atomic E-state index is 0.794. The fraction of sp³-hybridized carbons (Fsp3) is 0.500. The maximum absolute atomic E-state index is 6.04. The fourth-order valence-corrected chi connectivity index (χ4v) is 2.56. The van der Waals surface area contributed by atoms with E-state index in [2.05, 4.69) is 33.4 Å². The summed E-state index contributed by atoms with van der Waals surface area (Å²) < 4.78 is 1.02. The molecule has 1 heterocycles. The summed E-state index contributed by atoms with van der Waals surface area (Å²) >= 11 is 3.47. The first-order chi connectivity index (χ1) is 7.27. The summed E-state index contributed by atoms with van der Waals surface area (Å²) in [5, 5.41) is 3.39. The highest BCUT2D eigenvalue weighted by Crippen LogP contribution is 2.27. The Kier molecular flexibility index (Phi) is 3.65. The van der Waals surface area contributed by atoms with Gasteiger partial charge in [0.2, 0.25) is 0 Å². The van der Waals surface area contributed by atoms with Crippen molar-refractivity contribution in [1.82, 2.24) is 5.32 Å². The molecular formula is C12H17BrN2. The first-order valence-electron chi connectivity index (χ1n) is 5.51. The van der Waals surface area contributed by atoms with Gasteiger partial charge in [0, 0.05) is 10.2 Å². The van der Waals surface area contributed by atoms with Gasteiger partial charge < -0.3 is 11.1 Å². The number of nitrogens with one attached hydrogen (secondary N) is 1. The molecule has 0 aromatic heterocycles. The van der Waals surface area contributed by atoms with Gasteiger partial charge >= 0.3 is 0 Å². The molecule has 1 aromatic carbocycles. The van der Waals surface area contributed by atoms with Crippen molar-refractivity contribution in [3.63, 3.8) is 0 Å². The van der Waals surface area contributed by atoms with Crippen LogP contribution in [0.3, 0.4) is 0 Å². The van der Waals surface area contributed by atoms with Crippen LogP contribution in [-0.4, -0.2) is 13.1 Å². The second kappa shape index (κ2) is 4.99. The summed E-state index contributed by atoms with van der Waals surface area (Å²) in [5.41, 5.74) is 8.24. The summed E-state index contributed by atoms with van der Waals surface area (Å²) in [6, 6.07) is 6.21. The first kappa shape index (κ1) is 11.0. The maximum Gasteiger partial charge on any atom is 0.0491 e. The lowest BCUT2D eigenvalue weighted by Gasteiger charge is -2.23. The molecule has 0 bridgehead atoms. The van der Waals surface area contributed by atoms with Crippen LogP contribution in [-0.2, 0) is 6.42 Å². The molecule has 0 radical (unpaired) electrons. The third-order valence-electron chi connectivity index (χ3n) is 3.11. The van der Waals surface area contributed by atoms with Crippen molar-refractivity contribution in [3.8, 4) is 0 Å². The van der Waals surface area contributed by atoms with E-state index in [1.807, 2.05) is 6.07 Å². The monoisotopic (exact) mass is 268 g/mol. The molecule has 0 aliphatic carbocycles. The Labute approximate surface area is 99.4 Å². The lowest BCUT2D eigenvalue weighted by atomic mass is 9.90. The van der Waals surface area contributed by atoms with E-state index in [1.165, 1.54) is 18.4 Å². The van der Waals surface area contributed by atoms with Gasteiger partial charge in [0.05, 0.1) is 0 Å². The highest BCUT2D eigenvalue weighted by atomic mass is 79.9. The Balaban J connectivity index is 2.06. The number of hydrogen-bond donors (Lipinski definition) is 2. The summed E-state index contributed by atoms with van der Waals surface area (Å²) in [6.07, 6.45) is 3.66. The summed E-state index contributed by atoms with van der Waals surface area (Å²) in [7, 11) is 0.